The van der Waals surface area contributed by atoms with Crippen LogP contribution in [0.15, 0.2) is 53.3 Å². The molecule has 6 heteroatoms. The fraction of sp³-hybridized carbons (Fsp3) is 0.133. The Balaban J connectivity index is 1.81. The summed E-state index contributed by atoms with van der Waals surface area (Å²) in [7, 11) is 1.62. The largest absolute Gasteiger partial charge is 0.497 e. The monoisotopic (exact) mass is 282 g/mol. The van der Waals surface area contributed by atoms with Gasteiger partial charge in [-0.1, -0.05) is 17.3 Å². The molecule has 106 valence electrons. The van der Waals surface area contributed by atoms with Crippen LogP contribution in [-0.2, 0) is 6.67 Å². The molecule has 0 bridgehead atoms. The van der Waals surface area contributed by atoms with Crippen LogP contribution in [0.5, 0.6) is 5.75 Å². The zero-order valence-electron chi connectivity index (χ0n) is 11.5. The van der Waals surface area contributed by atoms with Crippen molar-refractivity contribution in [3.05, 3.63) is 58.9 Å². The molecule has 6 nitrogen and oxygen atoms in total. The smallest absolute Gasteiger partial charge is 0.279 e. The maximum absolute atomic E-state index is 12.3. The fourth-order valence-electron chi connectivity index (χ4n) is 2.00. The number of hydrogen-bond donors (Lipinski definition) is 1. The van der Waals surface area contributed by atoms with Gasteiger partial charge in [-0.05, 0) is 36.4 Å². The molecule has 3 rings (SSSR count). The van der Waals surface area contributed by atoms with Gasteiger partial charge in [-0.3, -0.25) is 4.79 Å². The third-order valence-corrected chi connectivity index (χ3v) is 3.15. The average Bonchev–Trinajstić information content (AvgIpc) is 2.55. The van der Waals surface area contributed by atoms with Crippen molar-refractivity contribution in [3.63, 3.8) is 0 Å². The minimum atomic E-state index is -0.165. The van der Waals surface area contributed by atoms with Crippen molar-refractivity contribution < 1.29 is 4.74 Å². The Morgan fingerprint density at radius 2 is 1.90 bits per heavy atom. The third kappa shape index (κ3) is 2.69. The minimum Gasteiger partial charge on any atom is -0.497 e. The molecule has 0 radical (unpaired) electrons. The standard InChI is InChI=1S/C15H14N4O2/c1-21-12-8-6-11(7-9-12)16-10-19-15(20)13-4-2-3-5-14(13)17-18-19/h2-9,16H,10H2,1H3. The Kier molecular flexibility index (Phi) is 3.51. The minimum absolute atomic E-state index is 0.165. The maximum Gasteiger partial charge on any atom is 0.279 e. The van der Waals surface area contributed by atoms with E-state index in [2.05, 4.69) is 15.6 Å². The number of methoxy groups -OCH3 is 1. The van der Waals surface area contributed by atoms with E-state index in [1.807, 2.05) is 36.4 Å². The lowest BCUT2D eigenvalue weighted by atomic mass is 10.2. The molecule has 0 unspecified atom stereocenters. The van der Waals surface area contributed by atoms with Gasteiger partial charge in [0, 0.05) is 5.69 Å². The van der Waals surface area contributed by atoms with E-state index in [0.717, 1.165) is 11.4 Å². The summed E-state index contributed by atoms with van der Waals surface area (Å²) >= 11 is 0. The molecule has 21 heavy (non-hydrogen) atoms. The van der Waals surface area contributed by atoms with Crippen LogP contribution >= 0.6 is 0 Å². The highest BCUT2D eigenvalue weighted by molar-refractivity contribution is 5.76. The first-order valence-electron chi connectivity index (χ1n) is 6.48. The lowest BCUT2D eigenvalue weighted by molar-refractivity contribution is 0.415. The van der Waals surface area contributed by atoms with Crippen LogP contribution in [0.4, 0.5) is 5.69 Å². The van der Waals surface area contributed by atoms with Crippen molar-refractivity contribution in [1.29, 1.82) is 0 Å². The fourth-order valence-corrected chi connectivity index (χ4v) is 2.00. The molecule has 0 atom stereocenters. The average molecular weight is 282 g/mol. The predicted octanol–water partition coefficient (Wildman–Crippen LogP) is 1.87. The molecule has 1 aromatic heterocycles. The summed E-state index contributed by atoms with van der Waals surface area (Å²) in [5, 5.41) is 11.6. The summed E-state index contributed by atoms with van der Waals surface area (Å²) in [5.41, 5.74) is 1.31. The van der Waals surface area contributed by atoms with E-state index < -0.39 is 0 Å². The second-order valence-corrected chi connectivity index (χ2v) is 4.47. The Morgan fingerprint density at radius 3 is 2.67 bits per heavy atom. The number of fused-ring (bicyclic) bond motifs is 1. The summed E-state index contributed by atoms with van der Waals surface area (Å²) in [6.07, 6.45) is 0. The van der Waals surface area contributed by atoms with E-state index in [4.69, 9.17) is 4.74 Å². The van der Waals surface area contributed by atoms with Gasteiger partial charge in [0.2, 0.25) is 0 Å². The van der Waals surface area contributed by atoms with Gasteiger partial charge in [-0.15, -0.1) is 5.10 Å². The Bertz CT molecular complexity index is 812. The summed E-state index contributed by atoms with van der Waals surface area (Å²) in [6, 6.07) is 14.6. The first-order chi connectivity index (χ1) is 10.3. The third-order valence-electron chi connectivity index (χ3n) is 3.15. The molecule has 0 aliphatic rings. The van der Waals surface area contributed by atoms with Crippen molar-refractivity contribution in [3.8, 4) is 5.75 Å². The molecular formula is C15H14N4O2. The van der Waals surface area contributed by atoms with Crippen LogP contribution in [0, 0.1) is 0 Å². The summed E-state index contributed by atoms with van der Waals surface area (Å²) in [6.45, 7) is 0.253. The van der Waals surface area contributed by atoms with Gasteiger partial charge in [0.15, 0.2) is 0 Å². The Hall–Kier alpha value is -2.89. The molecule has 3 aromatic rings. The first-order valence-corrected chi connectivity index (χ1v) is 6.48. The molecule has 0 aliphatic heterocycles. The summed E-state index contributed by atoms with van der Waals surface area (Å²) in [4.78, 5) is 12.3. The molecule has 2 aromatic carbocycles. The highest BCUT2D eigenvalue weighted by atomic mass is 16.5. The molecule has 0 fully saturated rings. The van der Waals surface area contributed by atoms with Gasteiger partial charge in [0.1, 0.15) is 17.9 Å². The van der Waals surface area contributed by atoms with Crippen LogP contribution < -0.4 is 15.6 Å². The second-order valence-electron chi connectivity index (χ2n) is 4.47. The van der Waals surface area contributed by atoms with E-state index in [1.165, 1.54) is 4.68 Å². The van der Waals surface area contributed by atoms with Crippen LogP contribution in [0.2, 0.25) is 0 Å². The molecule has 0 aliphatic carbocycles. The lowest BCUT2D eigenvalue weighted by Crippen LogP contribution is -2.27. The molecule has 0 saturated heterocycles. The summed E-state index contributed by atoms with van der Waals surface area (Å²) in [5.74, 6) is 0.781. The van der Waals surface area contributed by atoms with Gasteiger partial charge in [-0.2, -0.15) is 4.68 Å². The molecular weight excluding hydrogens is 268 g/mol. The Labute approximate surface area is 121 Å². The number of nitrogens with one attached hydrogen (secondary N) is 1. The molecule has 0 spiro atoms. The van der Waals surface area contributed by atoms with Crippen molar-refractivity contribution in [1.82, 2.24) is 15.0 Å². The van der Waals surface area contributed by atoms with Crippen molar-refractivity contribution in [2.75, 3.05) is 12.4 Å². The summed E-state index contributed by atoms with van der Waals surface area (Å²) < 4.78 is 6.39. The van der Waals surface area contributed by atoms with E-state index in [9.17, 15) is 4.79 Å². The zero-order valence-corrected chi connectivity index (χ0v) is 11.5. The second kappa shape index (κ2) is 5.62. The number of benzene rings is 2. The van der Waals surface area contributed by atoms with Gasteiger partial charge in [0.25, 0.3) is 5.56 Å². The van der Waals surface area contributed by atoms with Gasteiger partial charge in [0.05, 0.1) is 12.5 Å². The van der Waals surface area contributed by atoms with E-state index in [0.29, 0.717) is 10.9 Å². The van der Waals surface area contributed by atoms with Crippen molar-refractivity contribution >= 4 is 16.6 Å². The number of anilines is 1. The van der Waals surface area contributed by atoms with Gasteiger partial charge in [-0.25, -0.2) is 0 Å². The van der Waals surface area contributed by atoms with Crippen molar-refractivity contribution in [2.45, 2.75) is 6.67 Å². The first kappa shape index (κ1) is 13.1. The van der Waals surface area contributed by atoms with Crippen LogP contribution in [0.1, 0.15) is 0 Å². The number of aromatic nitrogens is 3. The molecule has 0 amide bonds. The Morgan fingerprint density at radius 1 is 1.14 bits per heavy atom. The highest BCUT2D eigenvalue weighted by Gasteiger charge is 2.04. The van der Waals surface area contributed by atoms with Gasteiger partial charge >= 0.3 is 0 Å². The van der Waals surface area contributed by atoms with E-state index in [-0.39, 0.29) is 12.2 Å². The molecule has 0 saturated carbocycles. The maximum atomic E-state index is 12.3. The predicted molar refractivity (Wildman–Crippen MR) is 80.4 cm³/mol. The van der Waals surface area contributed by atoms with E-state index in [1.54, 1.807) is 19.2 Å². The number of nitrogens with zero attached hydrogens (tertiary/aromatic N) is 3. The molecule has 1 N–H and O–H groups in total. The number of rotatable bonds is 4. The van der Waals surface area contributed by atoms with Crippen LogP contribution in [-0.4, -0.2) is 22.1 Å². The van der Waals surface area contributed by atoms with Gasteiger partial charge < -0.3 is 10.1 Å². The normalized spacial score (nSPS) is 10.5. The van der Waals surface area contributed by atoms with E-state index >= 15 is 0 Å². The lowest BCUT2D eigenvalue weighted by Gasteiger charge is -2.08. The van der Waals surface area contributed by atoms with Crippen LogP contribution in [0.25, 0.3) is 10.9 Å². The highest BCUT2D eigenvalue weighted by Crippen LogP contribution is 2.14. The topological polar surface area (TPSA) is 69.0 Å². The SMILES string of the molecule is COc1ccc(NCn2nnc3ccccc3c2=O)cc1. The quantitative estimate of drug-likeness (QED) is 0.791. The molecule has 1 heterocycles. The zero-order chi connectivity index (χ0) is 14.7. The van der Waals surface area contributed by atoms with Crippen LogP contribution in [0.3, 0.4) is 0 Å². The van der Waals surface area contributed by atoms with Crippen molar-refractivity contribution in [2.24, 2.45) is 0 Å². The number of ether oxygens (including phenoxy) is 1. The number of hydrogen-bond acceptors (Lipinski definition) is 5.